The average Bonchev–Trinajstić information content (AvgIpc) is 3.89. The molecule has 4 N–H and O–H groups in total. The van der Waals surface area contributed by atoms with Gasteiger partial charge in [-0.1, -0.05) is 24.3 Å². The summed E-state index contributed by atoms with van der Waals surface area (Å²) in [5.41, 5.74) is 1.57. The molecule has 0 saturated carbocycles. The van der Waals surface area contributed by atoms with Gasteiger partial charge in [-0.25, -0.2) is 22.5 Å². The number of fused-ring (bicyclic) bond motifs is 1. The van der Waals surface area contributed by atoms with Crippen molar-refractivity contribution in [2.45, 2.75) is 37.9 Å². The van der Waals surface area contributed by atoms with Crippen LogP contribution in [0.3, 0.4) is 0 Å². The van der Waals surface area contributed by atoms with E-state index in [0.717, 1.165) is 53.6 Å². The van der Waals surface area contributed by atoms with E-state index in [1.54, 1.807) is 18.3 Å². The lowest BCUT2D eigenvalue weighted by molar-refractivity contribution is -0.134. The Balaban J connectivity index is 0.870. The molecule has 1 unspecified atom stereocenters. The van der Waals surface area contributed by atoms with Crippen molar-refractivity contribution >= 4 is 56.1 Å². The number of amides is 3. The molecule has 3 amide bonds. The van der Waals surface area contributed by atoms with Crippen molar-refractivity contribution in [3.63, 3.8) is 0 Å². The van der Waals surface area contributed by atoms with Crippen molar-refractivity contribution in [2.24, 2.45) is 0 Å². The summed E-state index contributed by atoms with van der Waals surface area (Å²) in [6.07, 6.45) is 2.52. The topological polar surface area (TPSA) is 177 Å². The Morgan fingerprint density at radius 2 is 1.64 bits per heavy atom. The molecule has 0 aliphatic carbocycles. The second-order valence-electron chi connectivity index (χ2n) is 15.2. The second-order valence-corrected chi connectivity index (χ2v) is 16.9. The van der Waals surface area contributed by atoms with Crippen LogP contribution >= 0.6 is 0 Å². The number of nitrogens with one attached hydrogen (secondary N) is 4. The molecule has 3 aliphatic heterocycles. The molecule has 3 aliphatic rings. The van der Waals surface area contributed by atoms with Gasteiger partial charge in [0.25, 0.3) is 5.91 Å². The predicted octanol–water partition coefficient (Wildman–Crippen LogP) is 4.48. The molecule has 61 heavy (non-hydrogen) atoms. The van der Waals surface area contributed by atoms with Gasteiger partial charge < -0.3 is 15.2 Å². The zero-order valence-corrected chi connectivity index (χ0v) is 33.3. The standard InChI is InChI=1S/C42H40F4N8O6S/c43-27-12-14-54(23-27)61(59,60)51-34-8-7-32(44)37(38(34)46)39(56)31-22-48-40-30(31)19-26(21-47-40)25-3-1-24(2-4-25)11-13-52-15-17-53(18-16-52)28-5-6-29(33(45)20-28)41(57)49-35-9-10-36(55)50-42(35)58/h1-8,19-22,27,35,51H,9-18,23H2,(H,47,48)(H,49,57)(H,50,55,58)/t27-,35?/m1/s1. The number of carbonyl (C=O) groups is 4. The minimum Gasteiger partial charge on any atom is -0.369 e. The molecule has 0 radical (unpaired) electrons. The summed E-state index contributed by atoms with van der Waals surface area (Å²) in [4.78, 5) is 61.3. The number of imide groups is 1. The van der Waals surface area contributed by atoms with E-state index < -0.39 is 81.2 Å². The number of piperazine rings is 1. The Labute approximate surface area is 347 Å². The number of aromatic amines is 1. The number of carbonyl (C=O) groups excluding carboxylic acids is 4. The predicted molar refractivity (Wildman–Crippen MR) is 217 cm³/mol. The lowest BCUT2D eigenvalue weighted by Crippen LogP contribution is -2.52. The zero-order chi connectivity index (χ0) is 43.0. The van der Waals surface area contributed by atoms with Gasteiger partial charge in [0.05, 0.1) is 16.8 Å². The number of hydrogen-bond acceptors (Lipinski definition) is 9. The van der Waals surface area contributed by atoms with Crippen LogP contribution in [0.25, 0.3) is 22.2 Å². The van der Waals surface area contributed by atoms with Crippen LogP contribution in [0.5, 0.6) is 0 Å². The van der Waals surface area contributed by atoms with Crippen LogP contribution in [0.4, 0.5) is 28.9 Å². The first-order valence-electron chi connectivity index (χ1n) is 19.7. The number of nitrogens with zero attached hydrogens (tertiary/aromatic N) is 4. The molecular formula is C42H40F4N8O6S. The molecule has 0 spiro atoms. The number of benzene rings is 3. The maximum atomic E-state index is 15.7. The minimum absolute atomic E-state index is 0.00833. The van der Waals surface area contributed by atoms with Gasteiger partial charge in [0.15, 0.2) is 5.82 Å². The summed E-state index contributed by atoms with van der Waals surface area (Å²) >= 11 is 0. The monoisotopic (exact) mass is 860 g/mol. The van der Waals surface area contributed by atoms with E-state index in [9.17, 15) is 32.0 Å². The molecule has 318 valence electrons. The number of halogens is 4. The van der Waals surface area contributed by atoms with Crippen LogP contribution in [0.15, 0.2) is 73.1 Å². The number of alkyl halides is 1. The highest BCUT2D eigenvalue weighted by Crippen LogP contribution is 2.31. The van der Waals surface area contributed by atoms with Crippen molar-refractivity contribution in [2.75, 3.05) is 55.4 Å². The number of anilines is 2. The van der Waals surface area contributed by atoms with E-state index in [0.29, 0.717) is 35.4 Å². The number of pyridine rings is 1. The van der Waals surface area contributed by atoms with Crippen molar-refractivity contribution < 1.29 is 45.2 Å². The van der Waals surface area contributed by atoms with Gasteiger partial charge in [-0.05, 0) is 66.8 Å². The van der Waals surface area contributed by atoms with Gasteiger partial charge in [-0.2, -0.15) is 12.7 Å². The number of rotatable bonds is 12. The fourth-order valence-electron chi connectivity index (χ4n) is 7.77. The third-order valence-corrected chi connectivity index (χ3v) is 12.7. The molecule has 19 heteroatoms. The number of ketones is 1. The Bertz CT molecular complexity index is 2650. The highest BCUT2D eigenvalue weighted by atomic mass is 32.2. The summed E-state index contributed by atoms with van der Waals surface area (Å²) in [6.45, 7) is 3.01. The Morgan fingerprint density at radius 1 is 0.869 bits per heavy atom. The summed E-state index contributed by atoms with van der Waals surface area (Å²) in [7, 11) is -4.37. The Morgan fingerprint density at radius 3 is 2.34 bits per heavy atom. The van der Waals surface area contributed by atoms with E-state index in [4.69, 9.17) is 0 Å². The molecule has 5 aromatic rings. The number of hydrogen-bond donors (Lipinski definition) is 4. The van der Waals surface area contributed by atoms with Crippen molar-refractivity contribution in [3.05, 3.63) is 113 Å². The van der Waals surface area contributed by atoms with E-state index in [-0.39, 0.29) is 36.9 Å². The molecule has 3 aromatic carbocycles. The minimum atomic E-state index is -4.37. The van der Waals surface area contributed by atoms with Crippen LogP contribution in [0.2, 0.25) is 0 Å². The lowest BCUT2D eigenvalue weighted by Gasteiger charge is -2.36. The normalized spacial score (nSPS) is 19.0. The van der Waals surface area contributed by atoms with Crippen molar-refractivity contribution in [3.8, 4) is 11.1 Å². The molecule has 5 heterocycles. The molecule has 2 atom stereocenters. The zero-order valence-electron chi connectivity index (χ0n) is 32.5. The molecule has 2 aromatic heterocycles. The molecular weight excluding hydrogens is 821 g/mol. The average molecular weight is 861 g/mol. The fourth-order valence-corrected chi connectivity index (χ4v) is 9.03. The maximum Gasteiger partial charge on any atom is 0.301 e. The van der Waals surface area contributed by atoms with Gasteiger partial charge in [0.2, 0.25) is 17.6 Å². The van der Waals surface area contributed by atoms with E-state index in [1.165, 1.54) is 18.3 Å². The molecule has 0 bridgehead atoms. The van der Waals surface area contributed by atoms with Crippen molar-refractivity contribution in [1.82, 2.24) is 29.8 Å². The second kappa shape index (κ2) is 17.1. The van der Waals surface area contributed by atoms with Crippen LogP contribution in [0, 0.1) is 17.5 Å². The Kier molecular flexibility index (Phi) is 11.6. The van der Waals surface area contributed by atoms with E-state index >= 15 is 13.2 Å². The third-order valence-electron chi connectivity index (χ3n) is 11.2. The van der Waals surface area contributed by atoms with Gasteiger partial charge in [0.1, 0.15) is 29.5 Å². The summed E-state index contributed by atoms with van der Waals surface area (Å²) in [5, 5.41) is 4.97. The maximum absolute atomic E-state index is 15.7. The SMILES string of the molecule is O=C1CCC(NC(=O)c2ccc(N3CCN(CCc4ccc(-c5cnc6[nH]cc(C(=O)c7c(F)ccc(NS(=O)(=O)N8CC[C@@H](F)C8)c7F)c6c5)cc4)CC3)cc2F)C(=O)N1. The summed E-state index contributed by atoms with van der Waals surface area (Å²) in [5.74, 6) is -6.08. The van der Waals surface area contributed by atoms with E-state index in [2.05, 4.69) is 25.5 Å². The summed E-state index contributed by atoms with van der Waals surface area (Å²) in [6, 6.07) is 14.6. The summed E-state index contributed by atoms with van der Waals surface area (Å²) < 4.78 is 87.9. The highest BCUT2D eigenvalue weighted by Gasteiger charge is 2.34. The Hall–Kier alpha value is -6.18. The highest BCUT2D eigenvalue weighted by molar-refractivity contribution is 7.90. The molecule has 3 fully saturated rings. The van der Waals surface area contributed by atoms with Gasteiger partial charge in [0, 0.05) is 86.8 Å². The largest absolute Gasteiger partial charge is 0.369 e. The smallest absolute Gasteiger partial charge is 0.301 e. The molecule has 8 rings (SSSR count). The quantitative estimate of drug-likeness (QED) is 0.0801. The van der Waals surface area contributed by atoms with Crippen LogP contribution in [-0.2, 0) is 26.2 Å². The molecule has 14 nitrogen and oxygen atoms in total. The first-order chi connectivity index (χ1) is 29.2. The van der Waals surface area contributed by atoms with Gasteiger partial charge in [-0.3, -0.25) is 34.1 Å². The number of H-pyrrole nitrogens is 1. The van der Waals surface area contributed by atoms with Crippen LogP contribution in [-0.4, -0.2) is 109 Å². The molecule has 3 saturated heterocycles. The van der Waals surface area contributed by atoms with E-state index in [1.807, 2.05) is 33.9 Å². The third kappa shape index (κ3) is 8.85. The van der Waals surface area contributed by atoms with Crippen LogP contribution < -0.4 is 20.3 Å². The lowest BCUT2D eigenvalue weighted by atomic mass is 9.99. The fraction of sp³-hybridized carbons (Fsp3) is 0.310. The van der Waals surface area contributed by atoms with Gasteiger partial charge in [-0.15, -0.1) is 0 Å². The number of aromatic nitrogens is 2. The first kappa shape index (κ1) is 41.5. The number of piperidine rings is 1. The van der Waals surface area contributed by atoms with Gasteiger partial charge >= 0.3 is 10.2 Å². The van der Waals surface area contributed by atoms with Crippen molar-refractivity contribution in [1.29, 1.82) is 0 Å². The van der Waals surface area contributed by atoms with Crippen LogP contribution in [0.1, 0.15) is 51.1 Å². The first-order valence-corrected chi connectivity index (χ1v) is 21.1.